The number of nitrogens with one attached hydrogen (secondary N) is 2. The van der Waals surface area contributed by atoms with E-state index in [1.54, 1.807) is 12.1 Å². The number of anilines is 1. The van der Waals surface area contributed by atoms with Gasteiger partial charge in [-0.15, -0.1) is 0 Å². The van der Waals surface area contributed by atoms with E-state index >= 15 is 0 Å². The molecule has 3 aromatic carbocycles. The van der Waals surface area contributed by atoms with Crippen LogP contribution >= 0.6 is 0 Å². The molecule has 9 heteroatoms. The predicted molar refractivity (Wildman–Crippen MR) is 153 cm³/mol. The topological polar surface area (TPSA) is 113 Å². The van der Waals surface area contributed by atoms with Crippen LogP contribution in [0.5, 0.6) is 0 Å². The van der Waals surface area contributed by atoms with Crippen molar-refractivity contribution in [1.82, 2.24) is 15.1 Å². The van der Waals surface area contributed by atoms with Gasteiger partial charge < -0.3 is 15.7 Å². The molecule has 2 aliphatic rings. The first-order valence-electron chi connectivity index (χ1n) is 14.1. The average molecular weight is 555 g/mol. The second kappa shape index (κ2) is 10.8. The fourth-order valence-corrected chi connectivity index (χ4v) is 6.03. The molecule has 8 nitrogen and oxygen atoms in total. The Morgan fingerprint density at radius 1 is 0.927 bits per heavy atom. The van der Waals surface area contributed by atoms with Crippen LogP contribution in [0.3, 0.4) is 0 Å². The van der Waals surface area contributed by atoms with Gasteiger partial charge in [-0.05, 0) is 74.6 Å². The summed E-state index contributed by atoms with van der Waals surface area (Å²) < 4.78 is 16.2. The Kier molecular flexibility index (Phi) is 7.03. The SMILES string of the molecule is O=C(NC1(C(=O)Nc2ccc(C(=O)O)c(F)c2)CCC1)c1ccc2c(C3CCCCC3)n(-c3ccccc3)nc2c1. The van der Waals surface area contributed by atoms with Gasteiger partial charge in [0.15, 0.2) is 0 Å². The van der Waals surface area contributed by atoms with Crippen LogP contribution in [-0.4, -0.2) is 38.2 Å². The van der Waals surface area contributed by atoms with E-state index in [0.29, 0.717) is 24.3 Å². The molecule has 0 saturated heterocycles. The molecule has 0 radical (unpaired) electrons. The maximum absolute atomic E-state index is 14.2. The first-order chi connectivity index (χ1) is 19.8. The number of fused-ring (bicyclic) bond motifs is 1. The molecule has 3 N–H and O–H groups in total. The summed E-state index contributed by atoms with van der Waals surface area (Å²) in [4.78, 5) is 37.8. The Labute approximate surface area is 236 Å². The number of halogens is 1. The molecule has 0 bridgehead atoms. The number of rotatable bonds is 7. The number of carboxylic acid groups (broad SMARTS) is 1. The molecular formula is C32H31FN4O4. The summed E-state index contributed by atoms with van der Waals surface area (Å²) in [6.07, 6.45) is 7.47. The fraction of sp³-hybridized carbons (Fsp3) is 0.312. The van der Waals surface area contributed by atoms with Gasteiger partial charge in [0, 0.05) is 22.6 Å². The Hall–Kier alpha value is -4.53. The Morgan fingerprint density at radius 3 is 2.34 bits per heavy atom. The monoisotopic (exact) mass is 554 g/mol. The number of amides is 2. The zero-order chi connectivity index (χ0) is 28.6. The third-order valence-corrected chi connectivity index (χ3v) is 8.42. The third-order valence-electron chi connectivity index (χ3n) is 8.42. The molecule has 2 aliphatic carbocycles. The molecule has 6 rings (SSSR count). The minimum Gasteiger partial charge on any atom is -0.478 e. The predicted octanol–water partition coefficient (Wildman–Crippen LogP) is 6.20. The van der Waals surface area contributed by atoms with Gasteiger partial charge in [-0.1, -0.05) is 43.5 Å². The summed E-state index contributed by atoms with van der Waals surface area (Å²) >= 11 is 0. The van der Waals surface area contributed by atoms with Crippen LogP contribution in [-0.2, 0) is 4.79 Å². The van der Waals surface area contributed by atoms with E-state index in [1.165, 1.54) is 31.0 Å². The van der Waals surface area contributed by atoms with Crippen molar-refractivity contribution < 1.29 is 23.9 Å². The number of aromatic carboxylic acids is 1. The van der Waals surface area contributed by atoms with E-state index in [-0.39, 0.29) is 11.6 Å². The highest BCUT2D eigenvalue weighted by Gasteiger charge is 2.45. The van der Waals surface area contributed by atoms with Crippen LogP contribution in [0.15, 0.2) is 66.7 Å². The summed E-state index contributed by atoms with van der Waals surface area (Å²) in [6, 6.07) is 18.9. The third kappa shape index (κ3) is 5.08. The second-order valence-electron chi connectivity index (χ2n) is 11.0. The Morgan fingerprint density at radius 2 is 1.68 bits per heavy atom. The molecule has 0 spiro atoms. The van der Waals surface area contributed by atoms with E-state index in [2.05, 4.69) is 10.6 Å². The molecule has 1 aromatic heterocycles. The summed E-state index contributed by atoms with van der Waals surface area (Å²) in [5.74, 6) is -2.79. The van der Waals surface area contributed by atoms with Crippen LogP contribution in [0.2, 0.25) is 0 Å². The number of hydrogen-bond acceptors (Lipinski definition) is 4. The highest BCUT2D eigenvalue weighted by atomic mass is 19.1. The number of nitrogens with zero attached hydrogens (tertiary/aromatic N) is 2. The van der Waals surface area contributed by atoms with E-state index < -0.39 is 28.8 Å². The molecule has 2 fully saturated rings. The lowest BCUT2D eigenvalue weighted by atomic mass is 9.75. The van der Waals surface area contributed by atoms with Crippen molar-refractivity contribution in [2.45, 2.75) is 62.8 Å². The summed E-state index contributed by atoms with van der Waals surface area (Å²) in [7, 11) is 0. The minimum atomic E-state index is -1.39. The van der Waals surface area contributed by atoms with E-state index in [1.807, 2.05) is 41.1 Å². The number of carboxylic acids is 1. The lowest BCUT2D eigenvalue weighted by Gasteiger charge is -2.40. The average Bonchev–Trinajstić information content (AvgIpc) is 3.34. The molecule has 2 amide bonds. The standard InChI is InChI=1S/C32H31FN4O4/c33-26-19-22(13-15-24(26)30(39)40)34-31(41)32(16-7-17-32)35-29(38)21-12-14-25-27(18-21)36-37(23-10-5-2-6-11-23)28(25)20-8-3-1-4-9-20/h2,5-6,10-15,18-20H,1,3-4,7-9,16-17H2,(H,34,41)(H,35,38)(H,39,40). The van der Waals surface area contributed by atoms with Crippen LogP contribution in [0.4, 0.5) is 10.1 Å². The highest BCUT2D eigenvalue weighted by molar-refractivity contribution is 6.05. The molecule has 0 aliphatic heterocycles. The van der Waals surface area contributed by atoms with Gasteiger partial charge in [-0.3, -0.25) is 9.59 Å². The van der Waals surface area contributed by atoms with Crippen LogP contribution < -0.4 is 10.6 Å². The lowest BCUT2D eigenvalue weighted by molar-refractivity contribution is -0.125. The zero-order valence-electron chi connectivity index (χ0n) is 22.5. The summed E-state index contributed by atoms with van der Waals surface area (Å²) in [5.41, 5.74) is 1.80. The van der Waals surface area contributed by atoms with Crippen LogP contribution in [0.1, 0.15) is 83.7 Å². The molecule has 4 aromatic rings. The largest absolute Gasteiger partial charge is 0.478 e. The molecular weight excluding hydrogens is 523 g/mol. The highest BCUT2D eigenvalue weighted by Crippen LogP contribution is 2.38. The molecule has 2 saturated carbocycles. The number of aromatic nitrogens is 2. The number of carbonyl (C=O) groups excluding carboxylic acids is 2. The van der Waals surface area contributed by atoms with E-state index in [0.717, 1.165) is 48.0 Å². The van der Waals surface area contributed by atoms with E-state index in [4.69, 9.17) is 10.2 Å². The number of benzene rings is 3. The van der Waals surface area contributed by atoms with Crippen molar-refractivity contribution in [3.63, 3.8) is 0 Å². The van der Waals surface area contributed by atoms with Crippen molar-refractivity contribution in [2.24, 2.45) is 0 Å². The number of hydrogen-bond donors (Lipinski definition) is 3. The van der Waals surface area contributed by atoms with E-state index in [9.17, 15) is 18.8 Å². The normalized spacial score (nSPS) is 16.6. The van der Waals surface area contributed by atoms with Gasteiger partial charge in [0.2, 0.25) is 5.91 Å². The smallest absolute Gasteiger partial charge is 0.338 e. The molecule has 210 valence electrons. The Balaban J connectivity index is 1.26. The number of carbonyl (C=O) groups is 3. The lowest BCUT2D eigenvalue weighted by Crippen LogP contribution is -2.61. The first kappa shape index (κ1) is 26.7. The van der Waals surface area contributed by atoms with Gasteiger partial charge in [0.1, 0.15) is 11.4 Å². The molecule has 41 heavy (non-hydrogen) atoms. The van der Waals surface area contributed by atoms with Crippen LogP contribution in [0.25, 0.3) is 16.6 Å². The first-order valence-corrected chi connectivity index (χ1v) is 14.1. The van der Waals surface area contributed by atoms with Crippen molar-refractivity contribution in [3.8, 4) is 5.69 Å². The van der Waals surface area contributed by atoms with Gasteiger partial charge in [0.05, 0.1) is 22.5 Å². The van der Waals surface area contributed by atoms with Crippen molar-refractivity contribution in [2.75, 3.05) is 5.32 Å². The number of para-hydroxylation sites is 1. The summed E-state index contributed by atoms with van der Waals surface area (Å²) in [6.45, 7) is 0. The molecule has 0 unspecified atom stereocenters. The Bertz CT molecular complexity index is 1640. The fourth-order valence-electron chi connectivity index (χ4n) is 6.03. The summed E-state index contributed by atoms with van der Waals surface area (Å²) in [5, 5.41) is 20.6. The van der Waals surface area contributed by atoms with Crippen LogP contribution in [0, 0.1) is 5.82 Å². The van der Waals surface area contributed by atoms with Gasteiger partial charge >= 0.3 is 5.97 Å². The van der Waals surface area contributed by atoms with Gasteiger partial charge in [-0.25, -0.2) is 13.9 Å². The van der Waals surface area contributed by atoms with Gasteiger partial charge in [0.25, 0.3) is 5.91 Å². The zero-order valence-corrected chi connectivity index (χ0v) is 22.5. The second-order valence-corrected chi connectivity index (χ2v) is 11.0. The van der Waals surface area contributed by atoms with Crippen molar-refractivity contribution in [3.05, 3.63) is 89.4 Å². The van der Waals surface area contributed by atoms with Crippen molar-refractivity contribution >= 4 is 34.4 Å². The quantitative estimate of drug-likeness (QED) is 0.252. The molecule has 0 atom stereocenters. The molecule has 1 heterocycles. The van der Waals surface area contributed by atoms with Crippen molar-refractivity contribution in [1.29, 1.82) is 0 Å². The van der Waals surface area contributed by atoms with Gasteiger partial charge in [-0.2, -0.15) is 5.10 Å². The maximum Gasteiger partial charge on any atom is 0.338 e. The maximum atomic E-state index is 14.2. The minimum absolute atomic E-state index is 0.126.